The smallest absolute Gasteiger partial charge is 0.261 e. The summed E-state index contributed by atoms with van der Waals surface area (Å²) in [5.41, 5.74) is 0.819. The normalized spacial score (nSPS) is 11.0. The van der Waals surface area contributed by atoms with E-state index in [0.29, 0.717) is 17.0 Å². The lowest BCUT2D eigenvalue weighted by Gasteiger charge is -2.11. The number of rotatable bonds is 8. The first-order valence-corrected chi connectivity index (χ1v) is 11.4. The topological polar surface area (TPSA) is 75.3 Å². The van der Waals surface area contributed by atoms with Crippen LogP contribution in [0.3, 0.4) is 0 Å². The van der Waals surface area contributed by atoms with Gasteiger partial charge < -0.3 is 5.32 Å². The van der Waals surface area contributed by atoms with Gasteiger partial charge in [-0.2, -0.15) is 0 Å². The number of carbonyl (C=O) groups is 1. The maximum atomic E-state index is 13.7. The molecule has 0 aromatic heterocycles. The fraction of sp³-hybridized carbons (Fsp3) is 0.0455. The maximum Gasteiger partial charge on any atom is 0.261 e. The van der Waals surface area contributed by atoms with Crippen molar-refractivity contribution in [2.24, 2.45) is 0 Å². The lowest BCUT2D eigenvalue weighted by Crippen LogP contribution is -2.15. The van der Waals surface area contributed by atoms with Crippen molar-refractivity contribution < 1.29 is 17.6 Å². The molecule has 0 saturated heterocycles. The summed E-state index contributed by atoms with van der Waals surface area (Å²) in [4.78, 5) is 13.4. The van der Waals surface area contributed by atoms with Crippen molar-refractivity contribution in [2.45, 2.75) is 9.79 Å². The van der Waals surface area contributed by atoms with Crippen molar-refractivity contribution in [3.8, 4) is 0 Å². The minimum atomic E-state index is -3.97. The van der Waals surface area contributed by atoms with Gasteiger partial charge in [-0.05, 0) is 48.5 Å². The zero-order valence-electron chi connectivity index (χ0n) is 15.8. The van der Waals surface area contributed by atoms with E-state index in [0.717, 1.165) is 4.90 Å². The van der Waals surface area contributed by atoms with E-state index in [2.05, 4.69) is 16.6 Å². The molecule has 0 aliphatic heterocycles. The highest BCUT2D eigenvalue weighted by Gasteiger charge is 2.17. The van der Waals surface area contributed by atoms with Crippen LogP contribution in [0.15, 0.2) is 95.2 Å². The number of hydrogen-bond acceptors (Lipinski definition) is 4. The van der Waals surface area contributed by atoms with Crippen molar-refractivity contribution in [2.75, 3.05) is 15.8 Å². The van der Waals surface area contributed by atoms with Crippen LogP contribution in [-0.2, 0) is 10.0 Å². The molecule has 0 unspecified atom stereocenters. The molecule has 0 saturated carbocycles. The summed E-state index contributed by atoms with van der Waals surface area (Å²) in [6.45, 7) is 3.68. The molecule has 0 atom stereocenters. The predicted octanol–water partition coefficient (Wildman–Crippen LogP) is 5.16. The number of anilines is 2. The summed E-state index contributed by atoms with van der Waals surface area (Å²) in [5.74, 6) is -0.300. The number of para-hydroxylation sites is 1. The van der Waals surface area contributed by atoms with Gasteiger partial charge in [0.2, 0.25) is 0 Å². The number of nitrogens with one attached hydrogen (secondary N) is 2. The zero-order chi connectivity index (χ0) is 21.6. The maximum absolute atomic E-state index is 13.7. The molecule has 30 heavy (non-hydrogen) atoms. The average molecular weight is 443 g/mol. The summed E-state index contributed by atoms with van der Waals surface area (Å²) in [7, 11) is -3.97. The quantitative estimate of drug-likeness (QED) is 0.373. The molecule has 0 aliphatic rings. The van der Waals surface area contributed by atoms with Crippen molar-refractivity contribution >= 4 is 39.1 Å². The number of benzene rings is 3. The first-order chi connectivity index (χ1) is 14.4. The summed E-state index contributed by atoms with van der Waals surface area (Å²) in [5, 5.41) is 2.76. The monoisotopic (exact) mass is 442 g/mol. The summed E-state index contributed by atoms with van der Waals surface area (Å²) in [6, 6.07) is 18.4. The van der Waals surface area contributed by atoms with Gasteiger partial charge in [0, 0.05) is 16.3 Å². The molecule has 154 valence electrons. The molecule has 3 aromatic rings. The first-order valence-electron chi connectivity index (χ1n) is 8.92. The second-order valence-corrected chi connectivity index (χ2v) is 8.90. The van der Waals surface area contributed by atoms with Crippen LogP contribution in [-0.4, -0.2) is 20.1 Å². The van der Waals surface area contributed by atoms with Crippen LogP contribution >= 0.6 is 11.8 Å². The molecule has 3 rings (SSSR count). The molecular weight excluding hydrogens is 423 g/mol. The van der Waals surface area contributed by atoms with Gasteiger partial charge in [0.1, 0.15) is 5.82 Å². The molecule has 1 amide bonds. The van der Waals surface area contributed by atoms with E-state index >= 15 is 0 Å². The third-order valence-corrected chi connectivity index (χ3v) is 6.48. The van der Waals surface area contributed by atoms with Gasteiger partial charge >= 0.3 is 0 Å². The highest BCUT2D eigenvalue weighted by atomic mass is 32.2. The van der Waals surface area contributed by atoms with E-state index < -0.39 is 15.8 Å². The standard InChI is InChI=1S/C22H19FN2O3S2/c1-2-15-29-21-10-6-3-7-18(21)22(26)24-16-11-13-17(14-12-16)30(27,28)25-20-9-5-4-8-19(20)23/h2-14,25H,1,15H2,(H,24,26). The van der Waals surface area contributed by atoms with Gasteiger partial charge in [-0.1, -0.05) is 30.3 Å². The summed E-state index contributed by atoms with van der Waals surface area (Å²) in [6.07, 6.45) is 1.76. The molecule has 0 aliphatic carbocycles. The molecule has 0 spiro atoms. The van der Waals surface area contributed by atoms with Gasteiger partial charge in [0.25, 0.3) is 15.9 Å². The van der Waals surface area contributed by atoms with Gasteiger partial charge in [-0.3, -0.25) is 9.52 Å². The Labute approximate surface area is 179 Å². The van der Waals surface area contributed by atoms with Crippen LogP contribution in [0.2, 0.25) is 0 Å². The number of sulfonamides is 1. The van der Waals surface area contributed by atoms with Crippen molar-refractivity contribution in [1.29, 1.82) is 0 Å². The highest BCUT2D eigenvalue weighted by molar-refractivity contribution is 7.99. The largest absolute Gasteiger partial charge is 0.322 e. The van der Waals surface area contributed by atoms with E-state index in [1.165, 1.54) is 60.3 Å². The molecule has 0 heterocycles. The Kier molecular flexibility index (Phi) is 6.91. The van der Waals surface area contributed by atoms with E-state index in [9.17, 15) is 17.6 Å². The van der Waals surface area contributed by atoms with E-state index in [4.69, 9.17) is 0 Å². The van der Waals surface area contributed by atoms with Crippen molar-refractivity contribution in [3.05, 3.63) is 96.8 Å². The van der Waals surface area contributed by atoms with Gasteiger partial charge in [0.15, 0.2) is 0 Å². The number of carbonyl (C=O) groups excluding carboxylic acids is 1. The van der Waals surface area contributed by atoms with Crippen LogP contribution in [0, 0.1) is 5.82 Å². The SMILES string of the molecule is C=CCSc1ccccc1C(=O)Nc1ccc(S(=O)(=O)Nc2ccccc2F)cc1. The fourth-order valence-corrected chi connectivity index (χ4v) is 4.45. The van der Waals surface area contributed by atoms with Gasteiger partial charge in [-0.15, -0.1) is 18.3 Å². The Morgan fingerprint density at radius 3 is 2.37 bits per heavy atom. The summed E-state index contributed by atoms with van der Waals surface area (Å²) >= 11 is 1.50. The second-order valence-electron chi connectivity index (χ2n) is 6.16. The third kappa shape index (κ3) is 5.28. The minimum Gasteiger partial charge on any atom is -0.322 e. The van der Waals surface area contributed by atoms with Crippen LogP contribution in [0.1, 0.15) is 10.4 Å². The Bertz CT molecular complexity index is 1160. The van der Waals surface area contributed by atoms with Crippen molar-refractivity contribution in [3.63, 3.8) is 0 Å². The molecular formula is C22H19FN2O3S2. The van der Waals surface area contributed by atoms with Gasteiger partial charge in [0.05, 0.1) is 16.1 Å². The number of thioether (sulfide) groups is 1. The molecule has 3 aromatic carbocycles. The first kappa shape index (κ1) is 21.6. The summed E-state index contributed by atoms with van der Waals surface area (Å²) < 4.78 is 40.9. The van der Waals surface area contributed by atoms with E-state index in [1.54, 1.807) is 18.2 Å². The van der Waals surface area contributed by atoms with Crippen LogP contribution < -0.4 is 10.0 Å². The van der Waals surface area contributed by atoms with E-state index in [1.807, 2.05) is 12.1 Å². The number of amides is 1. The third-order valence-electron chi connectivity index (χ3n) is 4.03. The highest BCUT2D eigenvalue weighted by Crippen LogP contribution is 2.24. The average Bonchev–Trinajstić information content (AvgIpc) is 2.74. The van der Waals surface area contributed by atoms with Crippen LogP contribution in [0.5, 0.6) is 0 Å². The van der Waals surface area contributed by atoms with E-state index in [-0.39, 0.29) is 16.5 Å². The minimum absolute atomic E-state index is 0.0503. The van der Waals surface area contributed by atoms with Crippen LogP contribution in [0.4, 0.5) is 15.8 Å². The fourth-order valence-electron chi connectivity index (χ4n) is 2.59. The number of hydrogen-bond donors (Lipinski definition) is 2. The Balaban J connectivity index is 1.74. The lowest BCUT2D eigenvalue weighted by atomic mass is 10.2. The zero-order valence-corrected chi connectivity index (χ0v) is 17.5. The lowest BCUT2D eigenvalue weighted by molar-refractivity contribution is 0.102. The Morgan fingerprint density at radius 2 is 1.67 bits per heavy atom. The van der Waals surface area contributed by atoms with Crippen LogP contribution in [0.25, 0.3) is 0 Å². The molecule has 0 fully saturated rings. The molecule has 0 radical (unpaired) electrons. The molecule has 5 nitrogen and oxygen atoms in total. The van der Waals surface area contributed by atoms with Gasteiger partial charge in [-0.25, -0.2) is 12.8 Å². The molecule has 0 bridgehead atoms. The van der Waals surface area contributed by atoms with Crippen molar-refractivity contribution in [1.82, 2.24) is 0 Å². The Morgan fingerprint density at radius 1 is 1.00 bits per heavy atom. The molecule has 2 N–H and O–H groups in total. The Hall–Kier alpha value is -3.10. The number of halogens is 1. The predicted molar refractivity (Wildman–Crippen MR) is 119 cm³/mol. The second kappa shape index (κ2) is 9.60. The molecule has 8 heteroatoms.